The highest BCUT2D eigenvalue weighted by molar-refractivity contribution is 5.35. The van der Waals surface area contributed by atoms with Crippen molar-refractivity contribution in [2.24, 2.45) is 0 Å². The second kappa shape index (κ2) is 11.6. The molecule has 0 saturated heterocycles. The maximum Gasteiger partial charge on any atom is 0.124 e. The Balaban J connectivity index is 2.29. The molecule has 0 heterocycles. The van der Waals surface area contributed by atoms with Gasteiger partial charge in [-0.3, -0.25) is 0 Å². The van der Waals surface area contributed by atoms with Crippen LogP contribution >= 0.6 is 0 Å². The first kappa shape index (κ1) is 18.0. The van der Waals surface area contributed by atoms with Crippen molar-refractivity contribution in [3.8, 4) is 5.75 Å². The molecule has 0 spiro atoms. The predicted octanol–water partition coefficient (Wildman–Crippen LogP) is 5.49. The number of ether oxygens (including phenoxy) is 1. The summed E-state index contributed by atoms with van der Waals surface area (Å²) in [6.45, 7) is 5.30. The zero-order chi connectivity index (χ0) is 15.3. The molecule has 1 atom stereocenters. The van der Waals surface area contributed by atoms with Crippen molar-refractivity contribution in [2.45, 2.75) is 71.3 Å². The maximum atomic E-state index is 6.01. The molecule has 0 aliphatic heterocycles. The summed E-state index contributed by atoms with van der Waals surface area (Å²) in [5, 5.41) is 3.36. The van der Waals surface area contributed by atoms with Crippen LogP contribution in [0.5, 0.6) is 5.75 Å². The van der Waals surface area contributed by atoms with Crippen molar-refractivity contribution in [2.75, 3.05) is 13.7 Å². The Labute approximate surface area is 131 Å². The standard InChI is InChI=1S/C19H33NO/c1-4-6-7-8-9-10-13-16-21-19-15-12-11-14-17(19)18(5-2)20-3/h11-12,14-15,18,20H,4-10,13,16H2,1-3H3. The summed E-state index contributed by atoms with van der Waals surface area (Å²) >= 11 is 0. The molecule has 120 valence electrons. The van der Waals surface area contributed by atoms with E-state index in [1.807, 2.05) is 7.05 Å². The number of para-hydroxylation sites is 1. The van der Waals surface area contributed by atoms with Crippen molar-refractivity contribution in [3.05, 3.63) is 29.8 Å². The molecule has 0 aliphatic carbocycles. The van der Waals surface area contributed by atoms with Gasteiger partial charge in [-0.15, -0.1) is 0 Å². The number of hydrogen-bond acceptors (Lipinski definition) is 2. The van der Waals surface area contributed by atoms with Crippen LogP contribution in [0.1, 0.15) is 76.8 Å². The van der Waals surface area contributed by atoms with Crippen molar-refractivity contribution in [3.63, 3.8) is 0 Å². The van der Waals surface area contributed by atoms with Crippen LogP contribution in [-0.4, -0.2) is 13.7 Å². The lowest BCUT2D eigenvalue weighted by molar-refractivity contribution is 0.298. The zero-order valence-corrected chi connectivity index (χ0v) is 14.2. The monoisotopic (exact) mass is 291 g/mol. The smallest absolute Gasteiger partial charge is 0.124 e. The fourth-order valence-corrected chi connectivity index (χ4v) is 2.72. The summed E-state index contributed by atoms with van der Waals surface area (Å²) in [6.07, 6.45) is 10.3. The highest BCUT2D eigenvalue weighted by Gasteiger charge is 2.11. The van der Waals surface area contributed by atoms with Crippen LogP contribution in [0.15, 0.2) is 24.3 Å². The average Bonchev–Trinajstić information content (AvgIpc) is 2.52. The molecule has 1 rings (SSSR count). The van der Waals surface area contributed by atoms with Crippen LogP contribution < -0.4 is 10.1 Å². The normalized spacial score (nSPS) is 12.3. The molecule has 0 aromatic heterocycles. The van der Waals surface area contributed by atoms with Gasteiger partial charge in [0.05, 0.1) is 6.61 Å². The SMILES string of the molecule is CCCCCCCCCOc1ccccc1C(CC)NC. The van der Waals surface area contributed by atoms with Gasteiger partial charge in [-0.05, 0) is 26.0 Å². The van der Waals surface area contributed by atoms with Gasteiger partial charge < -0.3 is 10.1 Å². The van der Waals surface area contributed by atoms with Crippen LogP contribution in [0, 0.1) is 0 Å². The molecular formula is C19H33NO. The molecule has 0 aliphatic rings. The van der Waals surface area contributed by atoms with Gasteiger partial charge in [0.2, 0.25) is 0 Å². The van der Waals surface area contributed by atoms with E-state index < -0.39 is 0 Å². The van der Waals surface area contributed by atoms with Gasteiger partial charge in [0.15, 0.2) is 0 Å². The third-order valence-corrected chi connectivity index (χ3v) is 4.06. The van der Waals surface area contributed by atoms with Crippen molar-refractivity contribution < 1.29 is 4.74 Å². The topological polar surface area (TPSA) is 21.3 Å². The van der Waals surface area contributed by atoms with E-state index in [0.29, 0.717) is 6.04 Å². The third kappa shape index (κ3) is 6.99. The summed E-state index contributed by atoms with van der Waals surface area (Å²) in [4.78, 5) is 0. The Bertz CT molecular complexity index is 360. The molecule has 0 bridgehead atoms. The van der Waals surface area contributed by atoms with Crippen LogP contribution in [0.4, 0.5) is 0 Å². The van der Waals surface area contributed by atoms with Gasteiger partial charge in [0.1, 0.15) is 5.75 Å². The quantitative estimate of drug-likeness (QED) is 0.514. The van der Waals surface area contributed by atoms with Gasteiger partial charge in [-0.2, -0.15) is 0 Å². The second-order valence-electron chi connectivity index (χ2n) is 5.76. The second-order valence-corrected chi connectivity index (χ2v) is 5.76. The van der Waals surface area contributed by atoms with E-state index in [9.17, 15) is 0 Å². The molecule has 1 N–H and O–H groups in total. The van der Waals surface area contributed by atoms with Crippen LogP contribution in [0.25, 0.3) is 0 Å². The lowest BCUT2D eigenvalue weighted by Crippen LogP contribution is -2.16. The number of unbranched alkanes of at least 4 members (excludes halogenated alkanes) is 6. The minimum absolute atomic E-state index is 0.384. The molecular weight excluding hydrogens is 258 g/mol. The van der Waals surface area contributed by atoms with E-state index in [4.69, 9.17) is 4.74 Å². The van der Waals surface area contributed by atoms with E-state index in [1.165, 1.54) is 44.1 Å². The lowest BCUT2D eigenvalue weighted by atomic mass is 10.0. The van der Waals surface area contributed by atoms with Gasteiger partial charge >= 0.3 is 0 Å². The molecule has 0 saturated carbocycles. The van der Waals surface area contributed by atoms with Crippen molar-refractivity contribution in [1.29, 1.82) is 0 Å². The highest BCUT2D eigenvalue weighted by atomic mass is 16.5. The van der Waals surface area contributed by atoms with Gasteiger partial charge in [0, 0.05) is 11.6 Å². The largest absolute Gasteiger partial charge is 0.493 e. The molecule has 0 radical (unpaired) electrons. The fraction of sp³-hybridized carbons (Fsp3) is 0.684. The molecule has 1 aromatic carbocycles. The number of benzene rings is 1. The Hall–Kier alpha value is -1.02. The van der Waals surface area contributed by atoms with Gasteiger partial charge in [0.25, 0.3) is 0 Å². The van der Waals surface area contributed by atoms with Crippen LogP contribution in [0.3, 0.4) is 0 Å². The van der Waals surface area contributed by atoms with E-state index in [2.05, 4.69) is 43.4 Å². The zero-order valence-electron chi connectivity index (χ0n) is 14.2. The maximum absolute atomic E-state index is 6.01. The fourth-order valence-electron chi connectivity index (χ4n) is 2.72. The summed E-state index contributed by atoms with van der Waals surface area (Å²) < 4.78 is 6.01. The number of rotatable bonds is 12. The average molecular weight is 291 g/mol. The molecule has 21 heavy (non-hydrogen) atoms. The summed E-state index contributed by atoms with van der Waals surface area (Å²) in [5.74, 6) is 1.05. The lowest BCUT2D eigenvalue weighted by Gasteiger charge is -2.18. The highest BCUT2D eigenvalue weighted by Crippen LogP contribution is 2.27. The Kier molecular flexibility index (Phi) is 9.98. The molecule has 1 unspecified atom stereocenters. The van der Waals surface area contributed by atoms with Gasteiger partial charge in [-0.1, -0.05) is 70.6 Å². The van der Waals surface area contributed by atoms with Crippen molar-refractivity contribution >= 4 is 0 Å². The Morgan fingerprint density at radius 3 is 2.29 bits per heavy atom. The Morgan fingerprint density at radius 2 is 1.62 bits per heavy atom. The number of hydrogen-bond donors (Lipinski definition) is 1. The summed E-state index contributed by atoms with van der Waals surface area (Å²) in [6, 6.07) is 8.80. The number of nitrogens with one attached hydrogen (secondary N) is 1. The van der Waals surface area contributed by atoms with Crippen LogP contribution in [-0.2, 0) is 0 Å². The molecule has 2 heteroatoms. The first-order chi connectivity index (χ1) is 10.3. The molecule has 2 nitrogen and oxygen atoms in total. The molecule has 1 aromatic rings. The van der Waals surface area contributed by atoms with E-state index in [-0.39, 0.29) is 0 Å². The molecule has 0 amide bonds. The van der Waals surface area contributed by atoms with E-state index in [1.54, 1.807) is 0 Å². The minimum Gasteiger partial charge on any atom is -0.493 e. The van der Waals surface area contributed by atoms with Crippen LogP contribution in [0.2, 0.25) is 0 Å². The Morgan fingerprint density at radius 1 is 0.952 bits per heavy atom. The minimum atomic E-state index is 0.384. The molecule has 0 fully saturated rings. The first-order valence-corrected chi connectivity index (χ1v) is 8.72. The van der Waals surface area contributed by atoms with Gasteiger partial charge in [-0.25, -0.2) is 0 Å². The van der Waals surface area contributed by atoms with E-state index in [0.717, 1.165) is 25.2 Å². The van der Waals surface area contributed by atoms with Crippen molar-refractivity contribution in [1.82, 2.24) is 5.32 Å². The summed E-state index contributed by atoms with van der Waals surface area (Å²) in [7, 11) is 2.02. The third-order valence-electron chi connectivity index (χ3n) is 4.06. The summed E-state index contributed by atoms with van der Waals surface area (Å²) in [5.41, 5.74) is 1.28. The van der Waals surface area contributed by atoms with E-state index >= 15 is 0 Å². The first-order valence-electron chi connectivity index (χ1n) is 8.72. The predicted molar refractivity (Wildman–Crippen MR) is 92.0 cm³/mol.